The van der Waals surface area contributed by atoms with Crippen LogP contribution in [-0.4, -0.2) is 18.4 Å². The van der Waals surface area contributed by atoms with Crippen molar-refractivity contribution in [3.8, 4) is 0 Å². The first kappa shape index (κ1) is 19.2. The van der Waals surface area contributed by atoms with Gasteiger partial charge >= 0.3 is 0 Å². The van der Waals surface area contributed by atoms with Gasteiger partial charge in [0, 0.05) is 18.8 Å². The third kappa shape index (κ3) is 3.48. The maximum Gasteiger partial charge on any atom is 0.259 e. The second-order valence-electron chi connectivity index (χ2n) is 7.73. The Morgan fingerprint density at radius 1 is 0.889 bits per heavy atom. The predicted octanol–water partition coefficient (Wildman–Crippen LogP) is 4.84. The monoisotopic (exact) mass is 364 g/mol. The number of amides is 2. The van der Waals surface area contributed by atoms with Crippen molar-refractivity contribution < 1.29 is 9.59 Å². The number of hydrogen-bond donors (Lipinski definition) is 1. The summed E-state index contributed by atoms with van der Waals surface area (Å²) in [6.45, 7) is 12.4. The van der Waals surface area contributed by atoms with Crippen molar-refractivity contribution in [1.29, 1.82) is 0 Å². The molecule has 1 aliphatic heterocycles. The van der Waals surface area contributed by atoms with Crippen molar-refractivity contribution in [3.63, 3.8) is 0 Å². The van der Waals surface area contributed by atoms with Crippen molar-refractivity contribution in [3.05, 3.63) is 64.2 Å². The van der Waals surface area contributed by atoms with E-state index < -0.39 is 0 Å². The van der Waals surface area contributed by atoms with E-state index >= 15 is 0 Å². The average molecular weight is 364 g/mol. The lowest BCUT2D eigenvalue weighted by molar-refractivity contribution is 0.0879. The Labute approximate surface area is 161 Å². The number of carbonyl (C=O) groups is 2. The normalized spacial score (nSPS) is 13.3. The van der Waals surface area contributed by atoms with Crippen molar-refractivity contribution in [1.82, 2.24) is 5.32 Å². The zero-order valence-electron chi connectivity index (χ0n) is 16.8. The van der Waals surface area contributed by atoms with E-state index in [9.17, 15) is 9.59 Å². The van der Waals surface area contributed by atoms with Crippen LogP contribution < -0.4 is 10.2 Å². The average Bonchev–Trinajstić information content (AvgIpc) is 2.93. The highest BCUT2D eigenvalue weighted by atomic mass is 16.2. The Morgan fingerprint density at radius 3 is 2.04 bits per heavy atom. The lowest BCUT2D eigenvalue weighted by atomic mass is 9.91. The molecule has 0 saturated carbocycles. The molecule has 4 nitrogen and oxygen atoms in total. The van der Waals surface area contributed by atoms with E-state index in [1.807, 2.05) is 12.1 Å². The van der Waals surface area contributed by atoms with Crippen LogP contribution in [0, 0.1) is 0 Å². The molecule has 0 aliphatic carbocycles. The molecule has 0 aromatic heterocycles. The summed E-state index contributed by atoms with van der Waals surface area (Å²) < 4.78 is 0. The van der Waals surface area contributed by atoms with Gasteiger partial charge < -0.3 is 4.90 Å². The lowest BCUT2D eigenvalue weighted by Gasteiger charge is -2.31. The number of rotatable bonds is 6. The quantitative estimate of drug-likeness (QED) is 0.746. The Balaban J connectivity index is 2.09. The molecular weight excluding hydrogens is 336 g/mol. The van der Waals surface area contributed by atoms with Crippen LogP contribution in [0.3, 0.4) is 0 Å². The summed E-state index contributed by atoms with van der Waals surface area (Å²) in [6, 6.07) is 12.1. The number of para-hydroxylation sites is 1. The van der Waals surface area contributed by atoms with Gasteiger partial charge in [-0.1, -0.05) is 58.0 Å². The highest BCUT2D eigenvalue weighted by molar-refractivity contribution is 6.22. The first-order chi connectivity index (χ1) is 12.8. The molecule has 0 saturated heterocycles. The van der Waals surface area contributed by atoms with E-state index in [-0.39, 0.29) is 11.8 Å². The molecule has 1 heterocycles. The Bertz CT molecular complexity index is 858. The Kier molecular flexibility index (Phi) is 5.36. The van der Waals surface area contributed by atoms with Crippen molar-refractivity contribution in [2.45, 2.75) is 53.0 Å². The van der Waals surface area contributed by atoms with Crippen LogP contribution in [0.1, 0.15) is 83.9 Å². The van der Waals surface area contributed by atoms with E-state index in [2.05, 4.69) is 63.0 Å². The summed E-state index contributed by atoms with van der Waals surface area (Å²) >= 11 is 0. The first-order valence-corrected chi connectivity index (χ1v) is 9.70. The zero-order valence-corrected chi connectivity index (χ0v) is 16.8. The van der Waals surface area contributed by atoms with Gasteiger partial charge in [0.25, 0.3) is 11.8 Å². The number of carbonyl (C=O) groups excluding carboxylic acids is 2. The van der Waals surface area contributed by atoms with E-state index in [1.54, 1.807) is 6.07 Å². The molecule has 0 radical (unpaired) electrons. The van der Waals surface area contributed by atoms with Gasteiger partial charge in [0.15, 0.2) is 0 Å². The number of anilines is 1. The topological polar surface area (TPSA) is 49.4 Å². The third-order valence-electron chi connectivity index (χ3n) is 5.25. The van der Waals surface area contributed by atoms with Gasteiger partial charge in [0.2, 0.25) is 0 Å². The fourth-order valence-electron chi connectivity index (χ4n) is 3.85. The van der Waals surface area contributed by atoms with Gasteiger partial charge in [0.05, 0.1) is 11.1 Å². The molecule has 0 bridgehead atoms. The smallest absolute Gasteiger partial charge is 0.259 e. The van der Waals surface area contributed by atoms with E-state index in [4.69, 9.17) is 0 Å². The molecule has 4 heteroatoms. The van der Waals surface area contributed by atoms with E-state index in [0.29, 0.717) is 29.5 Å². The number of benzene rings is 2. The number of nitrogens with one attached hydrogen (secondary N) is 1. The molecule has 0 unspecified atom stereocenters. The van der Waals surface area contributed by atoms with Crippen LogP contribution in [0.15, 0.2) is 36.4 Å². The van der Waals surface area contributed by atoms with Crippen molar-refractivity contribution in [2.24, 2.45) is 0 Å². The van der Waals surface area contributed by atoms with Crippen molar-refractivity contribution >= 4 is 17.5 Å². The van der Waals surface area contributed by atoms with Crippen LogP contribution in [0.2, 0.25) is 0 Å². The largest absolute Gasteiger partial charge is 0.367 e. The summed E-state index contributed by atoms with van der Waals surface area (Å²) in [5, 5.41) is 2.42. The maximum absolute atomic E-state index is 12.3. The zero-order chi connectivity index (χ0) is 19.7. The molecule has 1 aliphatic rings. The maximum atomic E-state index is 12.3. The highest BCUT2D eigenvalue weighted by Gasteiger charge is 2.30. The SMILES string of the molecule is CCN(Cc1cccc2c1C(=O)NC2=O)c1c(C(C)C)cccc1C(C)C. The predicted molar refractivity (Wildman–Crippen MR) is 110 cm³/mol. The molecule has 2 aromatic rings. The molecule has 0 spiro atoms. The molecular formula is C23H28N2O2. The van der Waals surface area contributed by atoms with E-state index in [0.717, 1.165) is 12.1 Å². The second-order valence-corrected chi connectivity index (χ2v) is 7.73. The molecule has 0 fully saturated rings. The summed E-state index contributed by atoms with van der Waals surface area (Å²) in [5.74, 6) is 0.214. The molecule has 27 heavy (non-hydrogen) atoms. The summed E-state index contributed by atoms with van der Waals surface area (Å²) in [6.07, 6.45) is 0. The Morgan fingerprint density at radius 2 is 1.48 bits per heavy atom. The van der Waals surface area contributed by atoms with E-state index in [1.165, 1.54) is 16.8 Å². The Hall–Kier alpha value is -2.62. The molecule has 2 amide bonds. The lowest BCUT2D eigenvalue weighted by Crippen LogP contribution is -2.27. The van der Waals surface area contributed by atoms with Gasteiger partial charge in [-0.25, -0.2) is 0 Å². The van der Waals surface area contributed by atoms with Gasteiger partial charge in [-0.15, -0.1) is 0 Å². The first-order valence-electron chi connectivity index (χ1n) is 9.70. The molecule has 1 N–H and O–H groups in total. The fourth-order valence-corrected chi connectivity index (χ4v) is 3.85. The summed E-state index contributed by atoms with van der Waals surface area (Å²) in [4.78, 5) is 26.6. The summed E-state index contributed by atoms with van der Waals surface area (Å²) in [5.41, 5.74) is 5.79. The number of hydrogen-bond acceptors (Lipinski definition) is 3. The minimum absolute atomic E-state index is 0.289. The van der Waals surface area contributed by atoms with Crippen LogP contribution in [0.25, 0.3) is 0 Å². The number of imide groups is 1. The second kappa shape index (κ2) is 7.55. The standard InChI is InChI=1S/C23H28N2O2/c1-6-25(21-17(14(2)3)10-8-11-18(21)15(4)5)13-16-9-7-12-19-20(16)23(27)24-22(19)26/h7-12,14-15H,6,13H2,1-5H3,(H,24,26,27). The van der Waals surface area contributed by atoms with Gasteiger partial charge in [-0.05, 0) is 41.5 Å². The highest BCUT2D eigenvalue weighted by Crippen LogP contribution is 2.36. The summed E-state index contributed by atoms with van der Waals surface area (Å²) in [7, 11) is 0. The van der Waals surface area contributed by atoms with Gasteiger partial charge in [-0.3, -0.25) is 14.9 Å². The van der Waals surface area contributed by atoms with Gasteiger partial charge in [-0.2, -0.15) is 0 Å². The molecule has 2 aromatic carbocycles. The molecule has 142 valence electrons. The number of fused-ring (bicyclic) bond motifs is 1. The molecule has 3 rings (SSSR count). The van der Waals surface area contributed by atoms with Crippen LogP contribution in [0.4, 0.5) is 5.69 Å². The van der Waals surface area contributed by atoms with Crippen LogP contribution >= 0.6 is 0 Å². The number of nitrogens with zero attached hydrogens (tertiary/aromatic N) is 1. The fraction of sp³-hybridized carbons (Fsp3) is 0.391. The van der Waals surface area contributed by atoms with Crippen LogP contribution in [-0.2, 0) is 6.54 Å². The van der Waals surface area contributed by atoms with Crippen LogP contribution in [0.5, 0.6) is 0 Å². The van der Waals surface area contributed by atoms with Crippen molar-refractivity contribution in [2.75, 3.05) is 11.4 Å². The minimum atomic E-state index is -0.301. The third-order valence-corrected chi connectivity index (χ3v) is 5.25. The molecule has 0 atom stereocenters. The van der Waals surface area contributed by atoms with Gasteiger partial charge in [0.1, 0.15) is 0 Å². The minimum Gasteiger partial charge on any atom is -0.367 e.